The van der Waals surface area contributed by atoms with E-state index in [-0.39, 0.29) is 17.4 Å². The maximum absolute atomic E-state index is 13.2. The molecule has 0 spiro atoms. The van der Waals surface area contributed by atoms with Crippen LogP contribution in [-0.4, -0.2) is 23.2 Å². The standard InChI is InChI=1S/C16H14FN3O2/c1-9-3-5-12-11(7-9)15(20-19-12)16(21)18-13-6-4-10(17)8-14(13)22-2/h3-8H,1-2H3,(H,18,21)(H,19,20). The van der Waals surface area contributed by atoms with Crippen LogP contribution in [0.5, 0.6) is 5.75 Å². The molecule has 0 aliphatic rings. The molecule has 22 heavy (non-hydrogen) atoms. The van der Waals surface area contributed by atoms with Crippen molar-refractivity contribution in [2.24, 2.45) is 0 Å². The van der Waals surface area contributed by atoms with Gasteiger partial charge in [-0.1, -0.05) is 11.6 Å². The topological polar surface area (TPSA) is 67.0 Å². The van der Waals surface area contributed by atoms with E-state index in [4.69, 9.17) is 4.74 Å². The van der Waals surface area contributed by atoms with Crippen LogP contribution in [0.1, 0.15) is 16.1 Å². The molecule has 0 fully saturated rings. The van der Waals surface area contributed by atoms with Gasteiger partial charge in [-0.3, -0.25) is 9.89 Å². The van der Waals surface area contributed by atoms with E-state index in [1.165, 1.54) is 25.3 Å². The number of fused-ring (bicyclic) bond motifs is 1. The fourth-order valence-corrected chi connectivity index (χ4v) is 2.25. The van der Waals surface area contributed by atoms with E-state index in [1.54, 1.807) is 0 Å². The van der Waals surface area contributed by atoms with E-state index in [9.17, 15) is 9.18 Å². The molecule has 1 aromatic heterocycles. The molecule has 0 aliphatic carbocycles. The lowest BCUT2D eigenvalue weighted by molar-refractivity contribution is 0.102. The average Bonchev–Trinajstić information content (AvgIpc) is 2.92. The highest BCUT2D eigenvalue weighted by molar-refractivity contribution is 6.11. The first-order valence-electron chi connectivity index (χ1n) is 6.68. The van der Waals surface area contributed by atoms with Crippen LogP contribution >= 0.6 is 0 Å². The molecule has 6 heteroatoms. The third-order valence-corrected chi connectivity index (χ3v) is 3.35. The third-order valence-electron chi connectivity index (χ3n) is 3.35. The first-order chi connectivity index (χ1) is 10.6. The summed E-state index contributed by atoms with van der Waals surface area (Å²) < 4.78 is 18.3. The van der Waals surface area contributed by atoms with Crippen molar-refractivity contribution in [3.63, 3.8) is 0 Å². The predicted molar refractivity (Wildman–Crippen MR) is 81.7 cm³/mol. The number of methoxy groups -OCH3 is 1. The number of nitrogens with zero attached hydrogens (tertiary/aromatic N) is 1. The molecule has 0 bridgehead atoms. The number of ether oxygens (including phenoxy) is 1. The quantitative estimate of drug-likeness (QED) is 0.780. The molecule has 1 heterocycles. The molecular formula is C16H14FN3O2. The van der Waals surface area contributed by atoms with Gasteiger partial charge in [-0.2, -0.15) is 5.10 Å². The number of carbonyl (C=O) groups is 1. The molecule has 2 aromatic carbocycles. The number of H-pyrrole nitrogens is 1. The second-order valence-corrected chi connectivity index (χ2v) is 4.92. The van der Waals surface area contributed by atoms with Crippen molar-refractivity contribution in [3.05, 3.63) is 53.5 Å². The molecule has 5 nitrogen and oxygen atoms in total. The molecule has 0 saturated carbocycles. The summed E-state index contributed by atoms with van der Waals surface area (Å²) in [5.41, 5.74) is 2.48. The Morgan fingerprint density at radius 1 is 1.27 bits per heavy atom. The molecule has 3 aromatic rings. The summed E-state index contributed by atoms with van der Waals surface area (Å²) in [7, 11) is 1.41. The van der Waals surface area contributed by atoms with Gasteiger partial charge >= 0.3 is 0 Å². The first-order valence-corrected chi connectivity index (χ1v) is 6.68. The van der Waals surface area contributed by atoms with Gasteiger partial charge in [-0.15, -0.1) is 0 Å². The molecule has 2 N–H and O–H groups in total. The summed E-state index contributed by atoms with van der Waals surface area (Å²) in [5, 5.41) is 10.3. The van der Waals surface area contributed by atoms with Gasteiger partial charge in [-0.05, 0) is 31.2 Å². The second-order valence-electron chi connectivity index (χ2n) is 4.92. The summed E-state index contributed by atoms with van der Waals surface area (Å²) in [5.74, 6) is -0.568. The van der Waals surface area contributed by atoms with E-state index in [0.29, 0.717) is 5.69 Å². The van der Waals surface area contributed by atoms with Crippen molar-refractivity contribution in [1.82, 2.24) is 10.2 Å². The molecule has 0 aliphatic heterocycles. The molecular weight excluding hydrogens is 285 g/mol. The number of nitrogens with one attached hydrogen (secondary N) is 2. The second kappa shape index (κ2) is 5.48. The number of hydrogen-bond donors (Lipinski definition) is 2. The summed E-state index contributed by atoms with van der Waals surface area (Å²) in [4.78, 5) is 12.4. The Bertz CT molecular complexity index is 858. The Kier molecular flexibility index (Phi) is 3.50. The van der Waals surface area contributed by atoms with E-state index in [1.807, 2.05) is 25.1 Å². The maximum Gasteiger partial charge on any atom is 0.276 e. The lowest BCUT2D eigenvalue weighted by Crippen LogP contribution is -2.13. The highest BCUT2D eigenvalue weighted by atomic mass is 19.1. The molecule has 1 amide bonds. The van der Waals surface area contributed by atoms with Gasteiger partial charge in [0.1, 0.15) is 11.6 Å². The molecule has 0 unspecified atom stereocenters. The number of aryl methyl sites for hydroxylation is 1. The Morgan fingerprint density at radius 2 is 2.09 bits per heavy atom. The lowest BCUT2D eigenvalue weighted by Gasteiger charge is -2.09. The van der Waals surface area contributed by atoms with Gasteiger partial charge in [0.25, 0.3) is 5.91 Å². The van der Waals surface area contributed by atoms with Crippen LogP contribution < -0.4 is 10.1 Å². The van der Waals surface area contributed by atoms with Crippen molar-refractivity contribution in [2.45, 2.75) is 6.92 Å². The van der Waals surface area contributed by atoms with Crippen molar-refractivity contribution < 1.29 is 13.9 Å². The van der Waals surface area contributed by atoms with Gasteiger partial charge in [0.05, 0.1) is 18.3 Å². The summed E-state index contributed by atoms with van der Waals surface area (Å²) in [6.07, 6.45) is 0. The van der Waals surface area contributed by atoms with Crippen molar-refractivity contribution >= 4 is 22.5 Å². The Morgan fingerprint density at radius 3 is 2.86 bits per heavy atom. The normalized spacial score (nSPS) is 10.7. The first kappa shape index (κ1) is 14.1. The fourth-order valence-electron chi connectivity index (χ4n) is 2.25. The van der Waals surface area contributed by atoms with E-state index >= 15 is 0 Å². The van der Waals surface area contributed by atoms with Crippen molar-refractivity contribution in [1.29, 1.82) is 0 Å². The molecule has 3 rings (SSSR count). The van der Waals surface area contributed by atoms with Gasteiger partial charge in [0, 0.05) is 11.5 Å². The van der Waals surface area contributed by atoms with Crippen LogP contribution in [0.3, 0.4) is 0 Å². The zero-order valence-electron chi connectivity index (χ0n) is 12.1. The highest BCUT2D eigenvalue weighted by Gasteiger charge is 2.16. The number of carbonyl (C=O) groups excluding carboxylic acids is 1. The molecule has 0 atom stereocenters. The number of anilines is 1. The largest absolute Gasteiger partial charge is 0.494 e. The molecule has 0 saturated heterocycles. The summed E-state index contributed by atoms with van der Waals surface area (Å²) in [6.45, 7) is 1.94. The van der Waals surface area contributed by atoms with Crippen molar-refractivity contribution in [3.8, 4) is 5.75 Å². The third kappa shape index (κ3) is 2.50. The SMILES string of the molecule is COc1cc(F)ccc1NC(=O)c1n[nH]c2ccc(C)cc12. The minimum Gasteiger partial charge on any atom is -0.494 e. The number of aromatic nitrogens is 2. The van der Waals surface area contributed by atoms with E-state index in [0.717, 1.165) is 16.5 Å². The predicted octanol–water partition coefficient (Wildman–Crippen LogP) is 3.27. The molecule has 0 radical (unpaired) electrons. The van der Waals surface area contributed by atoms with Crippen LogP contribution in [0.25, 0.3) is 10.9 Å². The number of halogens is 1. The zero-order valence-corrected chi connectivity index (χ0v) is 12.1. The number of rotatable bonds is 3. The lowest BCUT2D eigenvalue weighted by atomic mass is 10.1. The van der Waals surface area contributed by atoms with Crippen LogP contribution in [0.2, 0.25) is 0 Å². The van der Waals surface area contributed by atoms with Gasteiger partial charge in [0.2, 0.25) is 0 Å². The number of amides is 1. The van der Waals surface area contributed by atoms with Crippen LogP contribution in [0.15, 0.2) is 36.4 Å². The Labute approximate surface area is 126 Å². The monoisotopic (exact) mass is 299 g/mol. The Hall–Kier alpha value is -2.89. The van der Waals surface area contributed by atoms with E-state index < -0.39 is 5.82 Å². The number of hydrogen-bond acceptors (Lipinski definition) is 3. The summed E-state index contributed by atoms with van der Waals surface area (Å²) in [6, 6.07) is 9.60. The smallest absolute Gasteiger partial charge is 0.276 e. The molecule has 112 valence electrons. The fraction of sp³-hybridized carbons (Fsp3) is 0.125. The zero-order chi connectivity index (χ0) is 15.7. The average molecular weight is 299 g/mol. The minimum absolute atomic E-state index is 0.254. The minimum atomic E-state index is -0.435. The van der Waals surface area contributed by atoms with Gasteiger partial charge in [-0.25, -0.2) is 4.39 Å². The van der Waals surface area contributed by atoms with E-state index in [2.05, 4.69) is 15.5 Å². The highest BCUT2D eigenvalue weighted by Crippen LogP contribution is 2.26. The Balaban J connectivity index is 1.95. The number of benzene rings is 2. The van der Waals surface area contributed by atoms with Gasteiger partial charge < -0.3 is 10.1 Å². The summed E-state index contributed by atoms with van der Waals surface area (Å²) >= 11 is 0. The van der Waals surface area contributed by atoms with Crippen molar-refractivity contribution in [2.75, 3.05) is 12.4 Å². The maximum atomic E-state index is 13.2. The van der Waals surface area contributed by atoms with Crippen LogP contribution in [0.4, 0.5) is 10.1 Å². The number of aromatic amines is 1. The van der Waals surface area contributed by atoms with Crippen LogP contribution in [0, 0.1) is 12.7 Å². The van der Waals surface area contributed by atoms with Gasteiger partial charge in [0.15, 0.2) is 5.69 Å². The van der Waals surface area contributed by atoms with Crippen LogP contribution in [-0.2, 0) is 0 Å².